The van der Waals surface area contributed by atoms with Gasteiger partial charge in [-0.2, -0.15) is 0 Å². The summed E-state index contributed by atoms with van der Waals surface area (Å²) < 4.78 is 0. The minimum absolute atomic E-state index is 0.00849. The molecule has 0 bridgehead atoms. The summed E-state index contributed by atoms with van der Waals surface area (Å²) in [4.78, 5) is 22.3. The fourth-order valence-electron chi connectivity index (χ4n) is 1.55. The van der Waals surface area contributed by atoms with E-state index >= 15 is 0 Å². The van der Waals surface area contributed by atoms with Crippen LogP contribution in [0.2, 0.25) is 10.3 Å². The van der Waals surface area contributed by atoms with Crippen LogP contribution < -0.4 is 5.32 Å². The van der Waals surface area contributed by atoms with E-state index in [-0.39, 0.29) is 34.1 Å². The number of carbonyl (C=O) groups excluding carboxylic acids is 1. The zero-order valence-corrected chi connectivity index (χ0v) is 12.4. The van der Waals surface area contributed by atoms with E-state index in [1.165, 1.54) is 6.07 Å². The van der Waals surface area contributed by atoms with Crippen LogP contribution in [0, 0.1) is 5.92 Å². The van der Waals surface area contributed by atoms with Gasteiger partial charge in [-0.25, -0.2) is 0 Å². The second kappa shape index (κ2) is 8.01. The largest absolute Gasteiger partial charge is 0.481 e. The second-order valence-corrected chi connectivity index (χ2v) is 5.20. The first kappa shape index (κ1) is 16.7. The quantitative estimate of drug-likeness (QED) is 0.805. The van der Waals surface area contributed by atoms with Crippen molar-refractivity contribution in [1.29, 1.82) is 0 Å². The molecular formula is C12H15Cl2N3O3. The Balaban J connectivity index is 2.40. The van der Waals surface area contributed by atoms with Crippen molar-refractivity contribution in [3.8, 4) is 0 Å². The smallest absolute Gasteiger partial charge is 0.303 e. The maximum Gasteiger partial charge on any atom is 0.303 e. The number of aliphatic carboxylic acids is 1. The molecule has 1 aromatic heterocycles. The molecule has 8 heteroatoms. The van der Waals surface area contributed by atoms with Crippen LogP contribution in [0.25, 0.3) is 0 Å². The molecule has 2 N–H and O–H groups in total. The number of rotatable bonds is 7. The first-order chi connectivity index (χ1) is 9.40. The molecule has 110 valence electrons. The molecule has 0 fully saturated rings. The number of carboxylic acid groups (broad SMARTS) is 1. The van der Waals surface area contributed by atoms with Crippen LogP contribution in [0.15, 0.2) is 6.07 Å². The maximum absolute atomic E-state index is 11.8. The lowest BCUT2D eigenvalue weighted by Gasteiger charge is -2.11. The summed E-state index contributed by atoms with van der Waals surface area (Å²) in [5.41, 5.74) is 0.171. The lowest BCUT2D eigenvalue weighted by atomic mass is 10.0. The van der Waals surface area contributed by atoms with Crippen molar-refractivity contribution in [2.45, 2.75) is 26.2 Å². The molecule has 0 saturated carbocycles. The number of amides is 1. The van der Waals surface area contributed by atoms with Gasteiger partial charge in [0.25, 0.3) is 5.91 Å². The Labute approximate surface area is 126 Å². The first-order valence-electron chi connectivity index (χ1n) is 6.09. The molecule has 0 aromatic carbocycles. The Kier molecular flexibility index (Phi) is 6.67. The van der Waals surface area contributed by atoms with Gasteiger partial charge in [0.15, 0.2) is 10.3 Å². The predicted molar refractivity (Wildman–Crippen MR) is 75.0 cm³/mol. The third kappa shape index (κ3) is 5.71. The highest BCUT2D eigenvalue weighted by atomic mass is 35.5. The van der Waals surface area contributed by atoms with E-state index in [2.05, 4.69) is 15.5 Å². The third-order valence-corrected chi connectivity index (χ3v) is 3.20. The van der Waals surface area contributed by atoms with Crippen LogP contribution in [0.5, 0.6) is 0 Å². The zero-order valence-electron chi connectivity index (χ0n) is 10.9. The number of aromatic nitrogens is 2. The minimum Gasteiger partial charge on any atom is -0.481 e. The summed E-state index contributed by atoms with van der Waals surface area (Å²) in [6.07, 6.45) is 1.39. The summed E-state index contributed by atoms with van der Waals surface area (Å²) in [5.74, 6) is -0.983. The number of carbonyl (C=O) groups is 2. The molecule has 0 saturated heterocycles. The van der Waals surface area contributed by atoms with E-state index in [1.54, 1.807) is 0 Å². The molecule has 1 rings (SSSR count). The van der Waals surface area contributed by atoms with Crippen molar-refractivity contribution in [1.82, 2.24) is 15.5 Å². The van der Waals surface area contributed by atoms with Gasteiger partial charge in [-0.15, -0.1) is 10.2 Å². The Bertz CT molecular complexity index is 497. The SMILES string of the molecule is CC(CCNC(=O)c1cc(Cl)nnc1Cl)CCC(=O)O. The average Bonchev–Trinajstić information content (AvgIpc) is 2.39. The molecule has 0 spiro atoms. The van der Waals surface area contributed by atoms with E-state index < -0.39 is 5.97 Å². The summed E-state index contributed by atoms with van der Waals surface area (Å²) >= 11 is 11.4. The third-order valence-electron chi connectivity index (χ3n) is 2.74. The number of halogens is 2. The molecule has 1 heterocycles. The van der Waals surface area contributed by atoms with Gasteiger partial charge in [0.1, 0.15) is 0 Å². The first-order valence-corrected chi connectivity index (χ1v) is 6.84. The minimum atomic E-state index is -0.815. The zero-order chi connectivity index (χ0) is 15.1. The monoisotopic (exact) mass is 319 g/mol. The summed E-state index contributed by atoms with van der Waals surface area (Å²) in [5, 5.41) is 18.4. The van der Waals surface area contributed by atoms with Crippen LogP contribution in [0.3, 0.4) is 0 Å². The molecule has 1 atom stereocenters. The fourth-order valence-corrected chi connectivity index (χ4v) is 1.88. The Morgan fingerprint density at radius 3 is 2.70 bits per heavy atom. The summed E-state index contributed by atoms with van der Waals surface area (Å²) in [6.45, 7) is 2.36. The van der Waals surface area contributed by atoms with Crippen molar-refractivity contribution < 1.29 is 14.7 Å². The molecule has 1 unspecified atom stereocenters. The van der Waals surface area contributed by atoms with Crippen molar-refractivity contribution >= 4 is 35.1 Å². The molecule has 0 aliphatic rings. The van der Waals surface area contributed by atoms with Crippen molar-refractivity contribution in [2.75, 3.05) is 6.54 Å². The highest BCUT2D eigenvalue weighted by molar-refractivity contribution is 6.34. The lowest BCUT2D eigenvalue weighted by molar-refractivity contribution is -0.137. The van der Waals surface area contributed by atoms with Crippen LogP contribution in [-0.2, 0) is 4.79 Å². The Hall–Kier alpha value is -1.40. The summed E-state index contributed by atoms with van der Waals surface area (Å²) in [7, 11) is 0. The van der Waals surface area contributed by atoms with Crippen molar-refractivity contribution in [2.24, 2.45) is 5.92 Å². The van der Waals surface area contributed by atoms with Crippen molar-refractivity contribution in [3.63, 3.8) is 0 Å². The highest BCUT2D eigenvalue weighted by Gasteiger charge is 2.13. The molecule has 1 amide bonds. The van der Waals surface area contributed by atoms with Gasteiger partial charge in [-0.05, 0) is 24.8 Å². The van der Waals surface area contributed by atoms with E-state index in [0.717, 1.165) is 0 Å². The van der Waals surface area contributed by atoms with E-state index in [4.69, 9.17) is 28.3 Å². The number of carboxylic acids is 1. The highest BCUT2D eigenvalue weighted by Crippen LogP contribution is 2.15. The van der Waals surface area contributed by atoms with E-state index in [0.29, 0.717) is 19.4 Å². The average molecular weight is 320 g/mol. The van der Waals surface area contributed by atoms with Gasteiger partial charge in [0.2, 0.25) is 0 Å². The van der Waals surface area contributed by atoms with Gasteiger partial charge in [0.05, 0.1) is 5.56 Å². The number of nitrogens with zero attached hydrogens (tertiary/aromatic N) is 2. The number of nitrogens with one attached hydrogen (secondary N) is 1. The molecule has 20 heavy (non-hydrogen) atoms. The Morgan fingerprint density at radius 2 is 2.05 bits per heavy atom. The maximum atomic E-state index is 11.8. The predicted octanol–water partition coefficient (Wildman–Crippen LogP) is 2.40. The number of hydrogen-bond acceptors (Lipinski definition) is 4. The van der Waals surface area contributed by atoms with Gasteiger partial charge >= 0.3 is 5.97 Å². The molecule has 0 aliphatic heterocycles. The molecule has 0 aliphatic carbocycles. The van der Waals surface area contributed by atoms with Gasteiger partial charge < -0.3 is 10.4 Å². The van der Waals surface area contributed by atoms with Crippen LogP contribution in [-0.4, -0.2) is 33.7 Å². The second-order valence-electron chi connectivity index (χ2n) is 4.45. The Morgan fingerprint density at radius 1 is 1.35 bits per heavy atom. The molecular weight excluding hydrogens is 305 g/mol. The van der Waals surface area contributed by atoms with Gasteiger partial charge in [-0.1, -0.05) is 30.1 Å². The van der Waals surface area contributed by atoms with Gasteiger partial charge in [0, 0.05) is 13.0 Å². The molecule has 6 nitrogen and oxygen atoms in total. The van der Waals surface area contributed by atoms with Crippen LogP contribution >= 0.6 is 23.2 Å². The molecule has 1 aromatic rings. The van der Waals surface area contributed by atoms with Crippen molar-refractivity contribution in [3.05, 3.63) is 21.9 Å². The lowest BCUT2D eigenvalue weighted by Crippen LogP contribution is -2.26. The van der Waals surface area contributed by atoms with Crippen LogP contribution in [0.4, 0.5) is 0 Å². The summed E-state index contributed by atoms with van der Waals surface area (Å²) in [6, 6.07) is 1.35. The fraction of sp³-hybridized carbons (Fsp3) is 0.500. The normalized spacial score (nSPS) is 11.9. The van der Waals surface area contributed by atoms with E-state index in [1.807, 2.05) is 6.92 Å². The van der Waals surface area contributed by atoms with E-state index in [9.17, 15) is 9.59 Å². The van der Waals surface area contributed by atoms with Gasteiger partial charge in [-0.3, -0.25) is 9.59 Å². The topological polar surface area (TPSA) is 92.2 Å². The molecule has 0 radical (unpaired) electrons. The number of hydrogen-bond donors (Lipinski definition) is 2. The van der Waals surface area contributed by atoms with Crippen LogP contribution in [0.1, 0.15) is 36.5 Å². The standard InChI is InChI=1S/C12H15Cl2N3O3/c1-7(2-3-10(18)19)4-5-15-12(20)8-6-9(13)16-17-11(8)14/h6-7H,2-5H2,1H3,(H,15,20)(H,18,19).